The van der Waals surface area contributed by atoms with Gasteiger partial charge in [0.25, 0.3) is 0 Å². The summed E-state index contributed by atoms with van der Waals surface area (Å²) in [6.45, 7) is -0.327. The lowest BCUT2D eigenvalue weighted by Crippen LogP contribution is -2.10. The normalized spacial score (nSPS) is 13.6. The Morgan fingerprint density at radius 1 is 1.33 bits per heavy atom. The van der Waals surface area contributed by atoms with E-state index in [1.165, 1.54) is 12.1 Å². The van der Waals surface area contributed by atoms with Crippen LogP contribution in [-0.2, 0) is 11.4 Å². The molecule has 0 spiro atoms. The smallest absolute Gasteiger partial charge is 0.446 e. The largest absolute Gasteiger partial charge is 0.479 e. The summed E-state index contributed by atoms with van der Waals surface area (Å²) in [4.78, 5) is 11.0. The maximum absolute atomic E-state index is 12.6. The standard InChI is InChI=1S/C12H9F3O4S2/c13-12(14,15)21-9-2-5(10(17)11(18)19)1-8-7(9)3-6(4-16)20-8/h1-3,10,16-17H,4H2,(H,18,19). The molecule has 1 atom stereocenters. The summed E-state index contributed by atoms with van der Waals surface area (Å²) < 4.78 is 38.1. The van der Waals surface area contributed by atoms with Crippen LogP contribution in [0.4, 0.5) is 13.2 Å². The SMILES string of the molecule is O=C(O)C(O)c1cc(SC(F)(F)F)c2cc(CO)sc2c1. The summed E-state index contributed by atoms with van der Waals surface area (Å²) in [5.41, 5.74) is -4.67. The van der Waals surface area contributed by atoms with Crippen molar-refractivity contribution in [2.24, 2.45) is 0 Å². The molecule has 21 heavy (non-hydrogen) atoms. The molecule has 0 saturated heterocycles. The number of thioether (sulfide) groups is 1. The second-order valence-corrected chi connectivity index (χ2v) is 6.37. The molecule has 9 heteroatoms. The number of aliphatic carboxylic acids is 1. The topological polar surface area (TPSA) is 77.8 Å². The van der Waals surface area contributed by atoms with Gasteiger partial charge < -0.3 is 15.3 Å². The van der Waals surface area contributed by atoms with E-state index in [0.29, 0.717) is 9.58 Å². The van der Waals surface area contributed by atoms with E-state index >= 15 is 0 Å². The maximum atomic E-state index is 12.6. The molecule has 0 fully saturated rings. The first-order valence-corrected chi connectivity index (χ1v) is 7.18. The van der Waals surface area contributed by atoms with Crippen molar-refractivity contribution in [1.82, 2.24) is 0 Å². The molecule has 0 aliphatic heterocycles. The number of alkyl halides is 3. The Kier molecular flexibility index (Phi) is 4.47. The molecule has 1 heterocycles. The van der Waals surface area contributed by atoms with Gasteiger partial charge >= 0.3 is 11.5 Å². The molecule has 0 saturated carbocycles. The highest BCUT2D eigenvalue weighted by Gasteiger charge is 2.31. The molecule has 1 unspecified atom stereocenters. The highest BCUT2D eigenvalue weighted by molar-refractivity contribution is 8.00. The van der Waals surface area contributed by atoms with Gasteiger partial charge in [-0.2, -0.15) is 13.2 Å². The Hall–Kier alpha value is -1.29. The molecule has 0 aliphatic rings. The molecule has 2 rings (SSSR count). The van der Waals surface area contributed by atoms with Crippen LogP contribution < -0.4 is 0 Å². The third-order valence-electron chi connectivity index (χ3n) is 2.60. The van der Waals surface area contributed by atoms with Gasteiger partial charge in [-0.15, -0.1) is 11.3 Å². The number of carboxylic acids is 1. The van der Waals surface area contributed by atoms with Gasteiger partial charge in [0.1, 0.15) is 0 Å². The van der Waals surface area contributed by atoms with E-state index in [1.807, 2.05) is 0 Å². The number of halogens is 3. The molecule has 0 amide bonds. The Morgan fingerprint density at radius 3 is 2.52 bits per heavy atom. The molecule has 0 aliphatic carbocycles. The number of rotatable bonds is 4. The lowest BCUT2D eigenvalue weighted by molar-refractivity contribution is -0.146. The first-order chi connectivity index (χ1) is 9.71. The number of carboxylic acid groups (broad SMARTS) is 1. The van der Waals surface area contributed by atoms with Crippen molar-refractivity contribution in [2.45, 2.75) is 23.1 Å². The van der Waals surface area contributed by atoms with Crippen LogP contribution >= 0.6 is 23.1 Å². The minimum absolute atomic E-state index is 0.131. The van der Waals surface area contributed by atoms with E-state index in [2.05, 4.69) is 0 Å². The number of aliphatic hydroxyl groups excluding tert-OH is 2. The number of carbonyl (C=O) groups is 1. The van der Waals surface area contributed by atoms with Gasteiger partial charge in [0.05, 0.1) is 6.61 Å². The molecule has 1 aromatic carbocycles. The highest BCUT2D eigenvalue weighted by atomic mass is 32.2. The van der Waals surface area contributed by atoms with Crippen LogP contribution in [0.25, 0.3) is 10.1 Å². The van der Waals surface area contributed by atoms with Crippen molar-refractivity contribution in [3.8, 4) is 0 Å². The van der Waals surface area contributed by atoms with Crippen LogP contribution in [0.2, 0.25) is 0 Å². The van der Waals surface area contributed by atoms with E-state index < -0.39 is 17.6 Å². The van der Waals surface area contributed by atoms with Crippen molar-refractivity contribution in [3.05, 3.63) is 28.6 Å². The monoisotopic (exact) mass is 338 g/mol. The second-order valence-electron chi connectivity index (χ2n) is 4.09. The van der Waals surface area contributed by atoms with Crippen LogP contribution in [0.3, 0.4) is 0 Å². The molecule has 2 aromatic rings. The van der Waals surface area contributed by atoms with Crippen molar-refractivity contribution >= 4 is 39.2 Å². The number of hydrogen-bond donors (Lipinski definition) is 3. The van der Waals surface area contributed by atoms with E-state index in [4.69, 9.17) is 10.2 Å². The minimum atomic E-state index is -4.54. The summed E-state index contributed by atoms with van der Waals surface area (Å²) in [6.07, 6.45) is -1.90. The molecule has 3 N–H and O–H groups in total. The molecular weight excluding hydrogens is 329 g/mol. The van der Waals surface area contributed by atoms with Crippen molar-refractivity contribution in [1.29, 1.82) is 0 Å². The zero-order valence-corrected chi connectivity index (χ0v) is 11.8. The minimum Gasteiger partial charge on any atom is -0.479 e. The van der Waals surface area contributed by atoms with Gasteiger partial charge in [0.15, 0.2) is 6.10 Å². The summed E-state index contributed by atoms with van der Waals surface area (Å²) in [5.74, 6) is -1.55. The van der Waals surface area contributed by atoms with E-state index in [1.54, 1.807) is 0 Å². The summed E-state index contributed by atoms with van der Waals surface area (Å²) >= 11 is 0.664. The van der Waals surface area contributed by atoms with Gasteiger partial charge in [0.2, 0.25) is 0 Å². The fraction of sp³-hybridized carbons (Fsp3) is 0.250. The Morgan fingerprint density at radius 2 is 2.00 bits per heavy atom. The number of thiophene rings is 1. The predicted octanol–water partition coefficient (Wildman–Crippen LogP) is 3.12. The highest BCUT2D eigenvalue weighted by Crippen LogP contribution is 2.43. The number of hydrogen-bond acceptors (Lipinski definition) is 5. The van der Waals surface area contributed by atoms with Gasteiger partial charge in [-0.3, -0.25) is 0 Å². The van der Waals surface area contributed by atoms with Crippen LogP contribution in [0.15, 0.2) is 23.1 Å². The first kappa shape index (κ1) is 16.1. The van der Waals surface area contributed by atoms with Crippen molar-refractivity contribution in [2.75, 3.05) is 0 Å². The second kappa shape index (κ2) is 5.84. The lowest BCUT2D eigenvalue weighted by atomic mass is 10.1. The Labute approximate surface area is 124 Å². The van der Waals surface area contributed by atoms with Crippen LogP contribution in [0.1, 0.15) is 16.5 Å². The Balaban J connectivity index is 2.61. The van der Waals surface area contributed by atoms with Crippen LogP contribution in [0, 0.1) is 0 Å². The van der Waals surface area contributed by atoms with Gasteiger partial charge in [-0.25, -0.2) is 4.79 Å². The summed E-state index contributed by atoms with van der Waals surface area (Å²) in [5, 5.41) is 27.6. The van der Waals surface area contributed by atoms with Crippen molar-refractivity contribution < 1.29 is 33.3 Å². The molecule has 114 valence electrons. The van der Waals surface area contributed by atoms with E-state index in [0.717, 1.165) is 17.4 Å². The average Bonchev–Trinajstić information content (AvgIpc) is 2.79. The molecule has 0 radical (unpaired) electrons. The zero-order chi connectivity index (χ0) is 15.8. The molecule has 0 bridgehead atoms. The predicted molar refractivity (Wildman–Crippen MR) is 72.3 cm³/mol. The molecule has 1 aromatic heterocycles. The van der Waals surface area contributed by atoms with E-state index in [-0.39, 0.29) is 34.2 Å². The average molecular weight is 338 g/mol. The fourth-order valence-corrected chi connectivity index (χ4v) is 3.55. The van der Waals surface area contributed by atoms with Gasteiger partial charge in [-0.05, 0) is 35.5 Å². The van der Waals surface area contributed by atoms with Gasteiger partial charge in [0, 0.05) is 19.9 Å². The third-order valence-corrected chi connectivity index (χ3v) is 4.46. The summed E-state index contributed by atoms with van der Waals surface area (Å²) in [7, 11) is 0. The maximum Gasteiger partial charge on any atom is 0.446 e. The summed E-state index contributed by atoms with van der Waals surface area (Å²) in [6, 6.07) is 3.75. The van der Waals surface area contributed by atoms with Crippen LogP contribution in [0.5, 0.6) is 0 Å². The molecule has 4 nitrogen and oxygen atoms in total. The van der Waals surface area contributed by atoms with Crippen LogP contribution in [-0.4, -0.2) is 26.8 Å². The lowest BCUT2D eigenvalue weighted by Gasteiger charge is -2.11. The van der Waals surface area contributed by atoms with Crippen molar-refractivity contribution in [3.63, 3.8) is 0 Å². The zero-order valence-electron chi connectivity index (χ0n) is 10.2. The fourth-order valence-electron chi connectivity index (χ4n) is 1.77. The first-order valence-electron chi connectivity index (χ1n) is 5.55. The number of benzene rings is 1. The Bertz CT molecular complexity index is 681. The van der Waals surface area contributed by atoms with Gasteiger partial charge in [-0.1, -0.05) is 0 Å². The quantitative estimate of drug-likeness (QED) is 0.747. The molecular formula is C12H9F3O4S2. The number of aliphatic hydroxyl groups is 2. The van der Waals surface area contributed by atoms with E-state index in [9.17, 15) is 23.1 Å². The third kappa shape index (κ3) is 3.67. The number of fused-ring (bicyclic) bond motifs is 1.